The van der Waals surface area contributed by atoms with Gasteiger partial charge in [0.15, 0.2) is 11.5 Å². The lowest BCUT2D eigenvalue weighted by atomic mass is 9.88. The number of nitrogens with one attached hydrogen (secondary N) is 1. The minimum absolute atomic E-state index is 0.0186. The highest BCUT2D eigenvalue weighted by Gasteiger charge is 2.39. The number of nitrogens with two attached hydrogens (primary N) is 1. The van der Waals surface area contributed by atoms with Gasteiger partial charge in [-0.15, -0.1) is 0 Å². The lowest BCUT2D eigenvalue weighted by molar-refractivity contribution is -0.140. The number of carbonyl (C=O) groups is 1. The van der Waals surface area contributed by atoms with E-state index in [9.17, 15) is 23.1 Å². The van der Waals surface area contributed by atoms with Crippen LogP contribution in [0.3, 0.4) is 0 Å². The number of likely N-dealkylation sites (tertiary alicyclic amines) is 1. The van der Waals surface area contributed by atoms with Crippen molar-refractivity contribution in [3.05, 3.63) is 65.3 Å². The number of hydrogen-bond acceptors (Lipinski definition) is 8. The Bertz CT molecular complexity index is 1540. The molecule has 1 atom stereocenters. The van der Waals surface area contributed by atoms with Crippen molar-refractivity contribution in [2.75, 3.05) is 20.2 Å². The Morgan fingerprint density at radius 3 is 2.65 bits per heavy atom. The third-order valence-corrected chi connectivity index (χ3v) is 8.54. The Kier molecular flexibility index (Phi) is 7.72. The van der Waals surface area contributed by atoms with Crippen molar-refractivity contribution >= 4 is 41.8 Å². The molecule has 9 nitrogen and oxygen atoms in total. The molecule has 4 heterocycles. The zero-order valence-corrected chi connectivity index (χ0v) is 23.8. The van der Waals surface area contributed by atoms with Crippen molar-refractivity contribution in [1.82, 2.24) is 18.4 Å². The number of aliphatic hydroxyl groups is 1. The van der Waals surface area contributed by atoms with E-state index in [1.165, 1.54) is 19.2 Å². The van der Waals surface area contributed by atoms with E-state index in [0.717, 1.165) is 11.8 Å². The lowest BCUT2D eigenvalue weighted by Gasteiger charge is -2.39. The normalized spacial score (nSPS) is 18.0. The van der Waals surface area contributed by atoms with E-state index in [-0.39, 0.29) is 41.7 Å². The van der Waals surface area contributed by atoms with Crippen molar-refractivity contribution < 1.29 is 32.2 Å². The Morgan fingerprint density at radius 1 is 1.23 bits per heavy atom. The average Bonchev–Trinajstić information content (AvgIpc) is 3.18. The van der Waals surface area contributed by atoms with E-state index in [1.807, 2.05) is 18.2 Å². The van der Waals surface area contributed by atoms with Crippen molar-refractivity contribution in [3.8, 4) is 17.2 Å². The number of halogens is 4. The van der Waals surface area contributed by atoms with Crippen LogP contribution in [0.25, 0.3) is 22.4 Å². The first kappa shape index (κ1) is 28.2. The first-order chi connectivity index (χ1) is 19.0. The summed E-state index contributed by atoms with van der Waals surface area (Å²) >= 11 is -0.404. The molecule has 40 heavy (non-hydrogen) atoms. The number of nitrogens with zero attached hydrogens (tertiary/aromatic N) is 3. The molecule has 2 aliphatic rings. The molecule has 1 aromatic carbocycles. The van der Waals surface area contributed by atoms with Crippen LogP contribution in [0, 0.1) is 0 Å². The van der Waals surface area contributed by atoms with Crippen molar-refractivity contribution in [2.24, 2.45) is 5.73 Å². The minimum Gasteiger partial charge on any atom is -0.494 e. The molecule has 212 valence electrons. The molecule has 5 rings (SSSR count). The zero-order chi connectivity index (χ0) is 28.7. The molecule has 0 aliphatic carbocycles. The van der Waals surface area contributed by atoms with E-state index >= 15 is 0 Å². The van der Waals surface area contributed by atoms with Crippen molar-refractivity contribution in [3.63, 3.8) is 0 Å². The van der Waals surface area contributed by atoms with Gasteiger partial charge in [0.1, 0.15) is 22.6 Å². The standard InChI is InChI=1S/C27H27F3IN5O4/c1-15(32)23-22(25(37)36-13-10-26(38,11-14-36)19-5-3-4-12-31-35-19)34-24(40-23)17-6-8-18(39-2)21-16(17)7-9-20(33-21)27(28,29)30/h3-9,12,15,35,38H,10-11,13-14,32H2,1-2H3/t15-/m0/s1. The van der Waals surface area contributed by atoms with E-state index in [4.69, 9.17) is 14.9 Å². The Morgan fingerprint density at radius 2 is 1.98 bits per heavy atom. The van der Waals surface area contributed by atoms with Gasteiger partial charge in [-0.3, -0.25) is 4.79 Å². The van der Waals surface area contributed by atoms with E-state index < -0.39 is 50.4 Å². The number of rotatable bonds is 5. The number of oxazole rings is 1. The van der Waals surface area contributed by atoms with Gasteiger partial charge in [-0.25, -0.2) is 9.97 Å². The first-order valence-electron chi connectivity index (χ1n) is 12.4. The summed E-state index contributed by atoms with van der Waals surface area (Å²) in [5.41, 5.74) is 5.10. The van der Waals surface area contributed by atoms with E-state index in [2.05, 4.69) is 17.5 Å². The summed E-state index contributed by atoms with van der Waals surface area (Å²) in [5, 5.41) is 11.6. The average molecular weight is 669 g/mol. The van der Waals surface area contributed by atoms with Crippen LogP contribution < -0.4 is 14.0 Å². The summed E-state index contributed by atoms with van der Waals surface area (Å²) in [5.74, 6) is -0.0702. The van der Waals surface area contributed by atoms with Crippen LogP contribution in [0.4, 0.5) is 13.2 Å². The summed E-state index contributed by atoms with van der Waals surface area (Å²) in [6.45, 7) is 2.23. The van der Waals surface area contributed by atoms with Crippen molar-refractivity contribution in [1.29, 1.82) is 0 Å². The maximum Gasteiger partial charge on any atom is 0.433 e. The molecule has 1 fully saturated rings. The number of benzene rings is 1. The Balaban J connectivity index is 1.47. The maximum absolute atomic E-state index is 13.6. The third-order valence-electron chi connectivity index (χ3n) is 6.88. The molecule has 1 amide bonds. The van der Waals surface area contributed by atoms with Crippen LogP contribution in [-0.2, 0) is 6.18 Å². The molecule has 4 N–H and O–H groups in total. The van der Waals surface area contributed by atoms with Gasteiger partial charge in [-0.05, 0) is 75.1 Å². The molecule has 1 saturated heterocycles. The van der Waals surface area contributed by atoms with Gasteiger partial charge < -0.3 is 28.4 Å². The SMILES string of the molecule is COc1ccc(-c2nc(C(=O)N3CCC(O)(C4=CC=CC=IN4)CC3)c([C@H](C)N)o2)c2ccc(C(F)(F)F)nc12. The monoisotopic (exact) mass is 669 g/mol. The predicted octanol–water partition coefficient (Wildman–Crippen LogP) is 4.64. The topological polar surface area (TPSA) is 127 Å². The lowest BCUT2D eigenvalue weighted by Crippen LogP contribution is -2.49. The minimum atomic E-state index is -4.64. The Labute approximate surface area is 238 Å². The van der Waals surface area contributed by atoms with Crippen LogP contribution in [0.1, 0.15) is 47.7 Å². The molecule has 0 spiro atoms. The van der Waals surface area contributed by atoms with E-state index in [0.29, 0.717) is 23.8 Å². The van der Waals surface area contributed by atoms with Crippen LogP contribution >= 0.6 is 21.0 Å². The fraction of sp³-hybridized carbons (Fsp3) is 0.333. The highest BCUT2D eigenvalue weighted by molar-refractivity contribution is 14.2. The summed E-state index contributed by atoms with van der Waals surface area (Å²) < 4.78 is 56.6. The second-order valence-electron chi connectivity index (χ2n) is 9.54. The molecule has 0 saturated carbocycles. The number of allylic oxidation sites excluding steroid dienone is 3. The summed E-state index contributed by atoms with van der Waals surface area (Å²) in [6.07, 6.45) is 1.74. The van der Waals surface area contributed by atoms with Crippen LogP contribution in [0.2, 0.25) is 0 Å². The van der Waals surface area contributed by atoms with Gasteiger partial charge in [0, 0.05) is 24.0 Å². The molecule has 2 aromatic heterocycles. The maximum atomic E-state index is 13.6. The summed E-state index contributed by atoms with van der Waals surface area (Å²) in [4.78, 5) is 23.4. The van der Waals surface area contributed by atoms with Crippen LogP contribution in [0.5, 0.6) is 5.75 Å². The number of piperidine rings is 1. The number of ether oxygens (including phenoxy) is 1. The summed E-state index contributed by atoms with van der Waals surface area (Å²) in [6, 6.07) is 4.52. The van der Waals surface area contributed by atoms with Gasteiger partial charge in [0.2, 0.25) is 5.89 Å². The molecule has 0 bridgehead atoms. The highest BCUT2D eigenvalue weighted by atomic mass is 127. The quantitative estimate of drug-likeness (QED) is 0.265. The molecule has 0 radical (unpaired) electrons. The Hall–Kier alpha value is -3.30. The molecule has 13 heteroatoms. The number of fused-ring (bicyclic) bond motifs is 1. The van der Waals surface area contributed by atoms with Gasteiger partial charge >= 0.3 is 6.18 Å². The second-order valence-corrected chi connectivity index (χ2v) is 11.4. The van der Waals surface area contributed by atoms with Gasteiger partial charge in [0.05, 0.1) is 18.8 Å². The van der Waals surface area contributed by atoms with Gasteiger partial charge in [0.25, 0.3) is 5.91 Å². The number of methoxy groups -OCH3 is 1. The number of amides is 1. The molecule has 3 aromatic rings. The fourth-order valence-electron chi connectivity index (χ4n) is 4.70. The number of hydrogen-bond donors (Lipinski definition) is 3. The van der Waals surface area contributed by atoms with Crippen LogP contribution in [-0.4, -0.2) is 55.7 Å². The first-order valence-corrected chi connectivity index (χ1v) is 14.8. The zero-order valence-electron chi connectivity index (χ0n) is 21.6. The van der Waals surface area contributed by atoms with Crippen LogP contribution in [0.15, 0.2) is 52.6 Å². The van der Waals surface area contributed by atoms with E-state index in [1.54, 1.807) is 17.9 Å². The number of alkyl halides is 3. The predicted molar refractivity (Wildman–Crippen MR) is 152 cm³/mol. The molecular formula is C27H27F3IN5O4. The second kappa shape index (κ2) is 10.9. The number of pyridine rings is 1. The van der Waals surface area contributed by atoms with Gasteiger partial charge in [-0.1, -0.05) is 12.2 Å². The number of carbonyl (C=O) groups excluding carboxylic acids is 1. The summed E-state index contributed by atoms with van der Waals surface area (Å²) in [7, 11) is 1.34. The third kappa shape index (κ3) is 5.37. The number of aromatic nitrogens is 2. The molecular weight excluding hydrogens is 642 g/mol. The largest absolute Gasteiger partial charge is 0.494 e. The smallest absolute Gasteiger partial charge is 0.433 e. The molecule has 0 unspecified atom stereocenters. The van der Waals surface area contributed by atoms with Crippen molar-refractivity contribution in [2.45, 2.75) is 37.6 Å². The molecule has 2 aliphatic heterocycles. The van der Waals surface area contributed by atoms with Gasteiger partial charge in [-0.2, -0.15) is 13.2 Å². The fourth-order valence-corrected chi connectivity index (χ4v) is 6.35. The highest BCUT2D eigenvalue weighted by Crippen LogP contribution is 2.38.